The summed E-state index contributed by atoms with van der Waals surface area (Å²) in [5.41, 5.74) is 0.273. The molecule has 2 N–H and O–H groups in total. The number of hydrogen-bond donors (Lipinski definition) is 2. The topological polar surface area (TPSA) is 41.1 Å². The summed E-state index contributed by atoms with van der Waals surface area (Å²) in [5.74, 6) is -0.301. The summed E-state index contributed by atoms with van der Waals surface area (Å²) >= 11 is 0. The predicted octanol–water partition coefficient (Wildman–Crippen LogP) is 2.15. The number of benzene rings is 1. The molecule has 92 valence electrons. The van der Waals surface area contributed by atoms with Crippen LogP contribution in [0.3, 0.4) is 0 Å². The molecule has 17 heavy (non-hydrogen) atoms. The molecule has 0 aromatic heterocycles. The van der Waals surface area contributed by atoms with Crippen molar-refractivity contribution < 1.29 is 9.18 Å². The van der Waals surface area contributed by atoms with Gasteiger partial charge in [0.15, 0.2) is 0 Å². The normalized spacial score (nSPS) is 24.4. The van der Waals surface area contributed by atoms with Crippen LogP contribution in [0.2, 0.25) is 0 Å². The first kappa shape index (κ1) is 12.0. The third kappa shape index (κ3) is 2.82. The summed E-state index contributed by atoms with van der Waals surface area (Å²) in [6, 6.07) is 5.84. The first-order valence-corrected chi connectivity index (χ1v) is 5.88. The van der Waals surface area contributed by atoms with Crippen molar-refractivity contribution in [3.05, 3.63) is 30.1 Å². The Hall–Kier alpha value is -1.42. The monoisotopic (exact) mass is 236 g/mol. The molecule has 0 bridgehead atoms. The van der Waals surface area contributed by atoms with Crippen molar-refractivity contribution in [2.24, 2.45) is 5.41 Å². The highest BCUT2D eigenvalue weighted by atomic mass is 19.1. The Morgan fingerprint density at radius 3 is 2.71 bits per heavy atom. The average Bonchev–Trinajstić information content (AvgIpc) is 2.33. The van der Waals surface area contributed by atoms with Gasteiger partial charge in [0.25, 0.3) is 0 Å². The molecule has 1 aliphatic rings. The fourth-order valence-corrected chi connectivity index (χ4v) is 2.07. The zero-order valence-electron chi connectivity index (χ0n) is 9.92. The summed E-state index contributed by atoms with van der Waals surface area (Å²) in [4.78, 5) is 12.1. The van der Waals surface area contributed by atoms with Gasteiger partial charge in [0, 0.05) is 12.2 Å². The number of carbonyl (C=O) groups is 1. The van der Waals surface area contributed by atoms with Gasteiger partial charge in [-0.15, -0.1) is 0 Å². The number of nitrogens with one attached hydrogen (secondary N) is 2. The summed E-state index contributed by atoms with van der Waals surface area (Å²) < 4.78 is 12.7. The predicted molar refractivity (Wildman–Crippen MR) is 65.2 cm³/mol. The van der Waals surface area contributed by atoms with Crippen LogP contribution in [0.4, 0.5) is 10.1 Å². The summed E-state index contributed by atoms with van der Waals surface area (Å²) in [5, 5.41) is 6.06. The number of hydrogen-bond acceptors (Lipinski definition) is 2. The third-order valence-electron chi connectivity index (χ3n) is 3.25. The lowest BCUT2D eigenvalue weighted by atomic mass is 9.82. The van der Waals surface area contributed by atoms with Crippen LogP contribution >= 0.6 is 0 Å². The molecule has 0 radical (unpaired) electrons. The highest BCUT2D eigenvalue weighted by Gasteiger charge is 2.34. The van der Waals surface area contributed by atoms with Gasteiger partial charge in [-0.1, -0.05) is 0 Å². The van der Waals surface area contributed by atoms with Crippen molar-refractivity contribution in [2.45, 2.75) is 19.8 Å². The number of anilines is 1. The molecule has 1 unspecified atom stereocenters. The standard InChI is InChI=1S/C13H17FN2O/c1-13(7-2-8-15-9-13)12(17)16-11-5-3-10(14)4-6-11/h3-6,15H,2,7-9H2,1H3,(H,16,17). The largest absolute Gasteiger partial charge is 0.326 e. The lowest BCUT2D eigenvalue weighted by Gasteiger charge is -2.32. The lowest BCUT2D eigenvalue weighted by molar-refractivity contribution is -0.125. The Balaban J connectivity index is 2.03. The molecule has 1 aromatic rings. The van der Waals surface area contributed by atoms with Crippen molar-refractivity contribution in [1.29, 1.82) is 0 Å². The van der Waals surface area contributed by atoms with Gasteiger partial charge in [-0.05, 0) is 50.6 Å². The molecule has 3 nitrogen and oxygen atoms in total. The molecular formula is C13H17FN2O. The number of piperidine rings is 1. The molecule has 1 heterocycles. The second kappa shape index (κ2) is 4.84. The molecule has 1 fully saturated rings. The SMILES string of the molecule is CC1(C(=O)Nc2ccc(F)cc2)CCCNC1. The Morgan fingerprint density at radius 1 is 1.41 bits per heavy atom. The molecule has 0 spiro atoms. The average molecular weight is 236 g/mol. The molecule has 4 heteroatoms. The van der Waals surface area contributed by atoms with E-state index in [0.29, 0.717) is 12.2 Å². The van der Waals surface area contributed by atoms with E-state index in [1.165, 1.54) is 12.1 Å². The highest BCUT2D eigenvalue weighted by molar-refractivity contribution is 5.95. The van der Waals surface area contributed by atoms with Crippen molar-refractivity contribution in [3.63, 3.8) is 0 Å². The van der Waals surface area contributed by atoms with Gasteiger partial charge in [0.2, 0.25) is 5.91 Å². The number of carbonyl (C=O) groups excluding carboxylic acids is 1. The van der Waals surface area contributed by atoms with E-state index in [1.54, 1.807) is 12.1 Å². The second-order valence-corrected chi connectivity index (χ2v) is 4.80. The van der Waals surface area contributed by atoms with Crippen LogP contribution < -0.4 is 10.6 Å². The maximum Gasteiger partial charge on any atom is 0.231 e. The van der Waals surface area contributed by atoms with Gasteiger partial charge in [-0.2, -0.15) is 0 Å². The zero-order chi connectivity index (χ0) is 12.3. The van der Waals surface area contributed by atoms with Crippen LogP contribution in [-0.4, -0.2) is 19.0 Å². The van der Waals surface area contributed by atoms with Gasteiger partial charge in [-0.25, -0.2) is 4.39 Å². The van der Waals surface area contributed by atoms with Crippen molar-refractivity contribution in [3.8, 4) is 0 Å². The smallest absolute Gasteiger partial charge is 0.231 e. The number of rotatable bonds is 2. The number of amides is 1. The summed E-state index contributed by atoms with van der Waals surface area (Å²) in [7, 11) is 0. The van der Waals surface area contributed by atoms with E-state index in [9.17, 15) is 9.18 Å². The zero-order valence-corrected chi connectivity index (χ0v) is 9.92. The van der Waals surface area contributed by atoms with Crippen molar-refractivity contribution in [1.82, 2.24) is 5.32 Å². The fraction of sp³-hybridized carbons (Fsp3) is 0.462. The first-order chi connectivity index (χ1) is 8.10. The molecule has 1 amide bonds. The molecule has 0 aliphatic carbocycles. The van der Waals surface area contributed by atoms with Gasteiger partial charge in [0.1, 0.15) is 5.82 Å². The molecule has 2 rings (SSSR count). The Bertz CT molecular complexity index is 396. The van der Waals surface area contributed by atoms with Crippen LogP contribution in [0.15, 0.2) is 24.3 Å². The third-order valence-corrected chi connectivity index (χ3v) is 3.25. The molecule has 1 saturated heterocycles. The van der Waals surface area contributed by atoms with Crippen molar-refractivity contribution >= 4 is 11.6 Å². The van der Waals surface area contributed by atoms with E-state index in [0.717, 1.165) is 19.4 Å². The van der Waals surface area contributed by atoms with Gasteiger partial charge < -0.3 is 10.6 Å². The molecule has 1 aromatic carbocycles. The van der Waals surface area contributed by atoms with E-state index in [2.05, 4.69) is 10.6 Å². The van der Waals surface area contributed by atoms with Crippen LogP contribution in [0.5, 0.6) is 0 Å². The first-order valence-electron chi connectivity index (χ1n) is 5.88. The minimum Gasteiger partial charge on any atom is -0.326 e. The minimum absolute atomic E-state index is 0.00342. The van der Waals surface area contributed by atoms with E-state index in [1.807, 2.05) is 6.92 Å². The number of halogens is 1. The fourth-order valence-electron chi connectivity index (χ4n) is 2.07. The van der Waals surface area contributed by atoms with Gasteiger partial charge in [0.05, 0.1) is 5.41 Å². The van der Waals surface area contributed by atoms with E-state index in [4.69, 9.17) is 0 Å². The quantitative estimate of drug-likeness (QED) is 0.826. The van der Waals surface area contributed by atoms with Crippen molar-refractivity contribution in [2.75, 3.05) is 18.4 Å². The second-order valence-electron chi connectivity index (χ2n) is 4.80. The summed E-state index contributed by atoms with van der Waals surface area (Å²) in [6.45, 7) is 3.62. The minimum atomic E-state index is -0.368. The Labute approximate surface area is 100 Å². The van der Waals surface area contributed by atoms with Gasteiger partial charge >= 0.3 is 0 Å². The van der Waals surface area contributed by atoms with Crippen LogP contribution in [-0.2, 0) is 4.79 Å². The highest BCUT2D eigenvalue weighted by Crippen LogP contribution is 2.27. The lowest BCUT2D eigenvalue weighted by Crippen LogP contribution is -2.46. The maximum atomic E-state index is 12.7. The summed E-state index contributed by atoms with van der Waals surface area (Å²) in [6.07, 6.45) is 1.89. The molecule has 0 saturated carbocycles. The Kier molecular flexibility index (Phi) is 3.43. The molecule has 1 atom stereocenters. The van der Waals surface area contributed by atoms with E-state index >= 15 is 0 Å². The van der Waals surface area contributed by atoms with E-state index in [-0.39, 0.29) is 17.1 Å². The van der Waals surface area contributed by atoms with Gasteiger partial charge in [-0.3, -0.25) is 4.79 Å². The molecular weight excluding hydrogens is 219 g/mol. The molecule has 1 aliphatic heterocycles. The van der Waals surface area contributed by atoms with Crippen LogP contribution in [0, 0.1) is 11.2 Å². The van der Waals surface area contributed by atoms with Crippen LogP contribution in [0.1, 0.15) is 19.8 Å². The maximum absolute atomic E-state index is 12.7. The van der Waals surface area contributed by atoms with Crippen LogP contribution in [0.25, 0.3) is 0 Å². The van der Waals surface area contributed by atoms with E-state index < -0.39 is 0 Å². The Morgan fingerprint density at radius 2 is 2.12 bits per heavy atom.